The Morgan fingerprint density at radius 3 is 2.71 bits per heavy atom. The molecule has 2 aromatic carbocycles. The van der Waals surface area contributed by atoms with Gasteiger partial charge in [-0.2, -0.15) is 0 Å². The van der Waals surface area contributed by atoms with Crippen molar-refractivity contribution in [2.24, 2.45) is 0 Å². The lowest BCUT2D eigenvalue weighted by molar-refractivity contribution is 0.340. The van der Waals surface area contributed by atoms with Crippen LogP contribution in [0.1, 0.15) is 34.4 Å². The van der Waals surface area contributed by atoms with Gasteiger partial charge in [0.15, 0.2) is 0 Å². The lowest BCUT2D eigenvalue weighted by atomic mass is 9.74. The van der Waals surface area contributed by atoms with E-state index in [9.17, 15) is 0 Å². The number of hydrogen-bond donors (Lipinski definition) is 0. The second-order valence-electron chi connectivity index (χ2n) is 5.15. The topological polar surface area (TPSA) is 9.23 Å². The largest absolute Gasteiger partial charge is 0.492 e. The first kappa shape index (κ1) is 15.2. The van der Waals surface area contributed by atoms with Gasteiger partial charge < -0.3 is 4.74 Å². The van der Waals surface area contributed by atoms with Crippen LogP contribution in [0.15, 0.2) is 36.4 Å². The molecular weight excluding hydrogens is 371 g/mol. The van der Waals surface area contributed by atoms with Crippen molar-refractivity contribution in [1.82, 2.24) is 0 Å². The van der Waals surface area contributed by atoms with Crippen LogP contribution in [0.4, 0.5) is 0 Å². The molecule has 0 fully saturated rings. The van der Waals surface area contributed by atoms with E-state index in [0.717, 1.165) is 12.0 Å². The molecule has 0 N–H and O–H groups in total. The molecule has 3 rings (SSSR count). The van der Waals surface area contributed by atoms with Gasteiger partial charge in [-0.05, 0) is 36.1 Å². The molecule has 1 aliphatic carbocycles. The highest BCUT2D eigenvalue weighted by Gasteiger charge is 2.33. The van der Waals surface area contributed by atoms with Crippen LogP contribution in [0.3, 0.4) is 0 Å². The van der Waals surface area contributed by atoms with E-state index in [0.29, 0.717) is 28.3 Å². The molecular formula is C17H15BrCl2O. The molecule has 4 heteroatoms. The summed E-state index contributed by atoms with van der Waals surface area (Å²) in [5.74, 6) is 1.08. The Morgan fingerprint density at radius 1 is 1.24 bits per heavy atom. The first-order valence-electron chi connectivity index (χ1n) is 6.95. The molecule has 21 heavy (non-hydrogen) atoms. The SMILES string of the molecule is CCOc1cc(Cl)c(C(Br)C2Cc3ccccc32)cc1Cl. The van der Waals surface area contributed by atoms with Crippen LogP contribution in [-0.2, 0) is 6.42 Å². The minimum absolute atomic E-state index is 0.160. The van der Waals surface area contributed by atoms with Gasteiger partial charge in [-0.15, -0.1) is 0 Å². The molecule has 0 saturated carbocycles. The van der Waals surface area contributed by atoms with E-state index in [-0.39, 0.29) is 4.83 Å². The molecule has 0 saturated heterocycles. The van der Waals surface area contributed by atoms with Crippen LogP contribution >= 0.6 is 39.1 Å². The van der Waals surface area contributed by atoms with Crippen LogP contribution in [-0.4, -0.2) is 6.61 Å². The van der Waals surface area contributed by atoms with E-state index in [2.05, 4.69) is 40.2 Å². The summed E-state index contributed by atoms with van der Waals surface area (Å²) >= 11 is 16.5. The van der Waals surface area contributed by atoms with Crippen molar-refractivity contribution >= 4 is 39.1 Å². The Balaban J connectivity index is 1.89. The number of alkyl halides is 1. The van der Waals surface area contributed by atoms with Crippen molar-refractivity contribution in [3.8, 4) is 5.75 Å². The average Bonchev–Trinajstić information content (AvgIpc) is 2.44. The minimum Gasteiger partial charge on any atom is -0.492 e. The summed E-state index contributed by atoms with van der Waals surface area (Å²) in [6, 6.07) is 12.2. The smallest absolute Gasteiger partial charge is 0.139 e. The predicted octanol–water partition coefficient (Wildman–Crippen LogP) is 6.17. The third kappa shape index (κ3) is 2.81. The highest BCUT2D eigenvalue weighted by Crippen LogP contribution is 2.50. The van der Waals surface area contributed by atoms with E-state index in [1.807, 2.05) is 19.1 Å². The van der Waals surface area contributed by atoms with Crippen molar-refractivity contribution < 1.29 is 4.74 Å². The molecule has 0 amide bonds. The second kappa shape index (κ2) is 6.20. The Morgan fingerprint density at radius 2 is 2.00 bits per heavy atom. The number of rotatable bonds is 4. The first-order chi connectivity index (χ1) is 10.1. The standard InChI is InChI=1S/C17H15BrCl2O/c1-2-21-16-9-14(19)13(8-15(16)20)17(18)12-7-10-5-3-4-6-11(10)12/h3-6,8-9,12,17H,2,7H2,1H3. The van der Waals surface area contributed by atoms with Crippen molar-refractivity contribution in [3.05, 3.63) is 63.1 Å². The molecule has 0 radical (unpaired) electrons. The van der Waals surface area contributed by atoms with E-state index < -0.39 is 0 Å². The zero-order valence-electron chi connectivity index (χ0n) is 11.6. The van der Waals surface area contributed by atoms with Crippen LogP contribution in [0.2, 0.25) is 10.0 Å². The van der Waals surface area contributed by atoms with E-state index in [1.54, 1.807) is 0 Å². The summed E-state index contributed by atoms with van der Waals surface area (Å²) in [6.07, 6.45) is 1.06. The lowest BCUT2D eigenvalue weighted by Crippen LogP contribution is -2.21. The highest BCUT2D eigenvalue weighted by atomic mass is 79.9. The summed E-state index contributed by atoms with van der Waals surface area (Å²) in [4.78, 5) is 0.160. The Bertz CT molecular complexity index is 672. The molecule has 1 nitrogen and oxygen atoms in total. The van der Waals surface area contributed by atoms with Crippen molar-refractivity contribution in [2.75, 3.05) is 6.61 Å². The maximum atomic E-state index is 6.42. The molecule has 110 valence electrons. The third-order valence-corrected chi connectivity index (χ3v) is 5.65. The molecule has 2 atom stereocenters. The Labute approximate surface area is 143 Å². The number of ether oxygens (including phenoxy) is 1. The number of halogens is 3. The van der Waals surface area contributed by atoms with Crippen molar-refractivity contribution in [3.63, 3.8) is 0 Å². The normalized spacial score (nSPS) is 17.8. The molecule has 2 unspecified atom stereocenters. The van der Waals surface area contributed by atoms with E-state index in [1.165, 1.54) is 11.1 Å². The van der Waals surface area contributed by atoms with Gasteiger partial charge in [-0.1, -0.05) is 63.4 Å². The zero-order valence-corrected chi connectivity index (χ0v) is 14.7. The van der Waals surface area contributed by atoms with Crippen LogP contribution < -0.4 is 4.74 Å². The molecule has 0 bridgehead atoms. The first-order valence-corrected chi connectivity index (χ1v) is 8.62. The molecule has 0 aliphatic heterocycles. The van der Waals surface area contributed by atoms with Crippen LogP contribution in [0.25, 0.3) is 0 Å². The Kier molecular flexibility index (Phi) is 4.49. The highest BCUT2D eigenvalue weighted by molar-refractivity contribution is 9.09. The van der Waals surface area contributed by atoms with Gasteiger partial charge in [-0.3, -0.25) is 0 Å². The molecule has 0 aromatic heterocycles. The van der Waals surface area contributed by atoms with Gasteiger partial charge in [0.05, 0.1) is 11.6 Å². The van der Waals surface area contributed by atoms with E-state index in [4.69, 9.17) is 27.9 Å². The number of fused-ring (bicyclic) bond motifs is 1. The van der Waals surface area contributed by atoms with Gasteiger partial charge >= 0.3 is 0 Å². The van der Waals surface area contributed by atoms with Gasteiger partial charge in [0.2, 0.25) is 0 Å². The summed E-state index contributed by atoms with van der Waals surface area (Å²) < 4.78 is 5.48. The third-order valence-electron chi connectivity index (χ3n) is 3.90. The summed E-state index contributed by atoms with van der Waals surface area (Å²) in [5.41, 5.74) is 3.82. The predicted molar refractivity (Wildman–Crippen MR) is 92.2 cm³/mol. The fourth-order valence-electron chi connectivity index (χ4n) is 2.80. The zero-order chi connectivity index (χ0) is 15.0. The second-order valence-corrected chi connectivity index (χ2v) is 6.95. The minimum atomic E-state index is 0.160. The maximum Gasteiger partial charge on any atom is 0.139 e. The fraction of sp³-hybridized carbons (Fsp3) is 0.294. The lowest BCUT2D eigenvalue weighted by Gasteiger charge is -2.34. The quantitative estimate of drug-likeness (QED) is 0.572. The van der Waals surface area contributed by atoms with Gasteiger partial charge in [0.25, 0.3) is 0 Å². The summed E-state index contributed by atoms with van der Waals surface area (Å²) in [6.45, 7) is 2.50. The average molecular weight is 386 g/mol. The molecule has 0 heterocycles. The molecule has 1 aliphatic rings. The van der Waals surface area contributed by atoms with Gasteiger partial charge in [0, 0.05) is 21.8 Å². The summed E-state index contributed by atoms with van der Waals surface area (Å²) in [5, 5.41) is 1.29. The van der Waals surface area contributed by atoms with Crippen LogP contribution in [0.5, 0.6) is 5.75 Å². The Hall–Kier alpha value is -0.700. The molecule has 2 aromatic rings. The number of benzene rings is 2. The maximum absolute atomic E-state index is 6.42. The van der Waals surface area contributed by atoms with E-state index >= 15 is 0 Å². The molecule has 0 spiro atoms. The number of hydrogen-bond acceptors (Lipinski definition) is 1. The van der Waals surface area contributed by atoms with Crippen molar-refractivity contribution in [2.45, 2.75) is 24.1 Å². The summed E-state index contributed by atoms with van der Waals surface area (Å²) in [7, 11) is 0. The van der Waals surface area contributed by atoms with Crippen molar-refractivity contribution in [1.29, 1.82) is 0 Å². The van der Waals surface area contributed by atoms with Gasteiger partial charge in [-0.25, -0.2) is 0 Å². The monoisotopic (exact) mass is 384 g/mol. The van der Waals surface area contributed by atoms with Gasteiger partial charge in [0.1, 0.15) is 5.75 Å². The fourth-order valence-corrected chi connectivity index (χ4v) is 4.28. The van der Waals surface area contributed by atoms with Crippen LogP contribution in [0, 0.1) is 0 Å².